The number of hydrogen-bond donors (Lipinski definition) is 1. The minimum atomic E-state index is -0.359. The Morgan fingerprint density at radius 2 is 1.74 bits per heavy atom. The standard InChI is InChI=1S/C22H23ClN4O3S/c23-18-9-8-17(31-18)21(29)24-16-10-12-25-13-27(22(30)20(16)25)15-6-4-14(5-7-15)26-11-2-1-3-19(26)28/h4-9,16,20H,1-3,10-13H2,(H,24,29)/t16-,20+/m1/s1. The lowest BCUT2D eigenvalue weighted by Gasteiger charge is -2.27. The number of anilines is 2. The van der Waals surface area contributed by atoms with E-state index in [2.05, 4.69) is 10.2 Å². The van der Waals surface area contributed by atoms with Gasteiger partial charge in [-0.05, 0) is 55.7 Å². The molecule has 3 saturated heterocycles. The van der Waals surface area contributed by atoms with E-state index >= 15 is 0 Å². The average molecular weight is 459 g/mol. The van der Waals surface area contributed by atoms with Crippen molar-refractivity contribution in [2.24, 2.45) is 0 Å². The maximum atomic E-state index is 13.2. The molecular weight excluding hydrogens is 436 g/mol. The number of carbonyl (C=O) groups is 3. The molecule has 3 aliphatic rings. The van der Waals surface area contributed by atoms with Gasteiger partial charge in [-0.25, -0.2) is 0 Å². The first-order valence-electron chi connectivity index (χ1n) is 10.5. The van der Waals surface area contributed by atoms with Gasteiger partial charge in [0.2, 0.25) is 11.8 Å². The van der Waals surface area contributed by atoms with Crippen LogP contribution in [-0.2, 0) is 9.59 Å². The van der Waals surface area contributed by atoms with Crippen LogP contribution >= 0.6 is 22.9 Å². The Morgan fingerprint density at radius 3 is 2.42 bits per heavy atom. The zero-order valence-corrected chi connectivity index (χ0v) is 18.5. The molecule has 2 aromatic rings. The van der Waals surface area contributed by atoms with E-state index in [0.717, 1.165) is 43.7 Å². The van der Waals surface area contributed by atoms with Gasteiger partial charge in [-0.15, -0.1) is 11.3 Å². The van der Waals surface area contributed by atoms with Crippen molar-refractivity contribution in [2.75, 3.05) is 29.6 Å². The van der Waals surface area contributed by atoms with Crippen LogP contribution in [0.4, 0.5) is 11.4 Å². The summed E-state index contributed by atoms with van der Waals surface area (Å²) >= 11 is 7.17. The van der Waals surface area contributed by atoms with Gasteiger partial charge in [-0.1, -0.05) is 11.6 Å². The molecule has 0 aliphatic carbocycles. The van der Waals surface area contributed by atoms with Gasteiger partial charge in [0.25, 0.3) is 5.91 Å². The highest BCUT2D eigenvalue weighted by atomic mass is 35.5. The summed E-state index contributed by atoms with van der Waals surface area (Å²) < 4.78 is 0.566. The third-order valence-corrected chi connectivity index (χ3v) is 7.48. The first-order chi connectivity index (χ1) is 15.0. The normalized spacial score (nSPS) is 24.0. The summed E-state index contributed by atoms with van der Waals surface area (Å²) in [4.78, 5) is 44.1. The van der Waals surface area contributed by atoms with Crippen LogP contribution in [0.15, 0.2) is 36.4 Å². The first-order valence-corrected chi connectivity index (χ1v) is 11.7. The minimum Gasteiger partial charge on any atom is -0.346 e. The molecule has 31 heavy (non-hydrogen) atoms. The van der Waals surface area contributed by atoms with E-state index in [-0.39, 0.29) is 29.8 Å². The molecule has 1 N–H and O–H groups in total. The zero-order valence-electron chi connectivity index (χ0n) is 16.9. The summed E-state index contributed by atoms with van der Waals surface area (Å²) in [6.45, 7) is 2.00. The van der Waals surface area contributed by atoms with Crippen LogP contribution < -0.4 is 15.1 Å². The van der Waals surface area contributed by atoms with Gasteiger partial charge in [0.1, 0.15) is 6.04 Å². The second-order valence-electron chi connectivity index (χ2n) is 8.16. The van der Waals surface area contributed by atoms with Gasteiger partial charge < -0.3 is 10.2 Å². The fourth-order valence-electron chi connectivity index (χ4n) is 4.68. The topological polar surface area (TPSA) is 73.0 Å². The van der Waals surface area contributed by atoms with E-state index in [1.807, 2.05) is 29.2 Å². The number of carbonyl (C=O) groups excluding carboxylic acids is 3. The molecule has 0 unspecified atom stereocenters. The molecule has 2 atom stereocenters. The Kier molecular flexibility index (Phi) is 5.45. The SMILES string of the molecule is O=C(N[C@@H]1CCN2CN(c3ccc(N4CCCCC4=O)cc3)C(=O)[C@H]12)c1ccc(Cl)s1. The highest BCUT2D eigenvalue weighted by Crippen LogP contribution is 2.32. The fraction of sp³-hybridized carbons (Fsp3) is 0.409. The Bertz CT molecular complexity index is 1020. The number of nitrogens with zero attached hydrogens (tertiary/aromatic N) is 3. The molecule has 0 bridgehead atoms. The van der Waals surface area contributed by atoms with Crippen molar-refractivity contribution in [3.05, 3.63) is 45.6 Å². The molecule has 0 spiro atoms. The summed E-state index contributed by atoms with van der Waals surface area (Å²) in [5, 5.41) is 3.02. The zero-order chi connectivity index (χ0) is 21.5. The van der Waals surface area contributed by atoms with Crippen LogP contribution in [0, 0.1) is 0 Å². The van der Waals surface area contributed by atoms with Gasteiger partial charge in [0.15, 0.2) is 0 Å². The molecule has 9 heteroatoms. The third kappa shape index (κ3) is 3.84. The maximum Gasteiger partial charge on any atom is 0.261 e. The first kappa shape index (κ1) is 20.5. The third-order valence-electron chi connectivity index (χ3n) is 6.25. The second-order valence-corrected chi connectivity index (χ2v) is 9.87. The molecule has 3 amide bonds. The predicted octanol–water partition coefficient (Wildman–Crippen LogP) is 3.10. The highest BCUT2D eigenvalue weighted by molar-refractivity contribution is 7.18. The molecule has 1 aromatic heterocycles. The van der Waals surface area contributed by atoms with E-state index in [0.29, 0.717) is 22.3 Å². The number of rotatable bonds is 4. The lowest BCUT2D eigenvalue weighted by Crippen LogP contribution is -2.46. The van der Waals surface area contributed by atoms with Crippen LogP contribution in [0.25, 0.3) is 0 Å². The summed E-state index contributed by atoms with van der Waals surface area (Å²) in [5.74, 6) is -0.0399. The molecule has 0 radical (unpaired) electrons. The Balaban J connectivity index is 1.28. The van der Waals surface area contributed by atoms with Crippen LogP contribution in [-0.4, -0.2) is 54.5 Å². The molecule has 162 valence electrons. The molecular formula is C22H23ClN4O3S. The molecule has 3 aliphatic heterocycles. The van der Waals surface area contributed by atoms with E-state index in [1.54, 1.807) is 17.0 Å². The van der Waals surface area contributed by atoms with Crippen LogP contribution in [0.5, 0.6) is 0 Å². The minimum absolute atomic E-state index is 0.00573. The largest absolute Gasteiger partial charge is 0.346 e. The Hall–Kier alpha value is -2.42. The van der Waals surface area contributed by atoms with Crippen LogP contribution in [0.2, 0.25) is 4.34 Å². The number of fused-ring (bicyclic) bond motifs is 1. The molecule has 5 rings (SSSR count). The highest BCUT2D eigenvalue weighted by Gasteiger charge is 2.48. The van der Waals surface area contributed by atoms with Gasteiger partial charge in [-0.3, -0.25) is 24.2 Å². The van der Waals surface area contributed by atoms with Crippen LogP contribution in [0.3, 0.4) is 0 Å². The lowest BCUT2D eigenvalue weighted by molar-refractivity contribution is -0.120. The van der Waals surface area contributed by atoms with Crippen molar-refractivity contribution in [1.82, 2.24) is 10.2 Å². The summed E-state index contributed by atoms with van der Waals surface area (Å²) in [5.41, 5.74) is 1.68. The number of halogens is 1. The number of amides is 3. The fourth-order valence-corrected chi connectivity index (χ4v) is 5.63. The van der Waals surface area contributed by atoms with Gasteiger partial charge in [0.05, 0.1) is 21.9 Å². The van der Waals surface area contributed by atoms with Crippen molar-refractivity contribution in [3.63, 3.8) is 0 Å². The van der Waals surface area contributed by atoms with E-state index in [1.165, 1.54) is 11.3 Å². The monoisotopic (exact) mass is 458 g/mol. The summed E-state index contributed by atoms with van der Waals surface area (Å²) in [7, 11) is 0. The molecule has 0 saturated carbocycles. The Morgan fingerprint density at radius 1 is 1.00 bits per heavy atom. The van der Waals surface area contributed by atoms with E-state index in [9.17, 15) is 14.4 Å². The van der Waals surface area contributed by atoms with E-state index in [4.69, 9.17) is 11.6 Å². The van der Waals surface area contributed by atoms with Crippen molar-refractivity contribution >= 4 is 52.0 Å². The average Bonchev–Trinajstić information content (AvgIpc) is 3.46. The maximum absolute atomic E-state index is 13.2. The van der Waals surface area contributed by atoms with Gasteiger partial charge in [0, 0.05) is 30.9 Å². The van der Waals surface area contributed by atoms with Crippen molar-refractivity contribution in [1.29, 1.82) is 0 Å². The van der Waals surface area contributed by atoms with Gasteiger partial charge in [-0.2, -0.15) is 0 Å². The molecule has 7 nitrogen and oxygen atoms in total. The van der Waals surface area contributed by atoms with Gasteiger partial charge >= 0.3 is 0 Å². The van der Waals surface area contributed by atoms with Crippen molar-refractivity contribution < 1.29 is 14.4 Å². The summed E-state index contributed by atoms with van der Waals surface area (Å²) in [6.07, 6.45) is 3.29. The number of piperidine rings is 1. The van der Waals surface area contributed by atoms with Crippen molar-refractivity contribution in [2.45, 2.75) is 37.8 Å². The number of benzene rings is 1. The molecule has 3 fully saturated rings. The summed E-state index contributed by atoms with van der Waals surface area (Å²) in [6, 6.07) is 10.4. The molecule has 1 aromatic carbocycles. The lowest BCUT2D eigenvalue weighted by atomic mass is 10.1. The number of nitrogens with one attached hydrogen (secondary N) is 1. The Labute approximate surface area is 189 Å². The number of hydrogen-bond acceptors (Lipinski definition) is 5. The predicted molar refractivity (Wildman–Crippen MR) is 121 cm³/mol. The van der Waals surface area contributed by atoms with Crippen LogP contribution in [0.1, 0.15) is 35.4 Å². The van der Waals surface area contributed by atoms with Crippen molar-refractivity contribution in [3.8, 4) is 0 Å². The quantitative estimate of drug-likeness (QED) is 0.764. The second kappa shape index (κ2) is 8.26. The molecule has 4 heterocycles. The van der Waals surface area contributed by atoms with E-state index < -0.39 is 0 Å². The number of thiophene rings is 1. The smallest absolute Gasteiger partial charge is 0.261 e.